The van der Waals surface area contributed by atoms with Crippen molar-refractivity contribution in [2.45, 2.75) is 64.5 Å². The lowest BCUT2D eigenvalue weighted by Crippen LogP contribution is -2.31. The van der Waals surface area contributed by atoms with E-state index in [1.165, 1.54) is 25.7 Å². The van der Waals surface area contributed by atoms with Crippen LogP contribution in [0.5, 0.6) is 0 Å². The van der Waals surface area contributed by atoms with Crippen LogP contribution in [-0.4, -0.2) is 59.3 Å². The molecular formula is C21H33N5O2. The average Bonchev–Trinajstić information content (AvgIpc) is 3.33. The minimum Gasteiger partial charge on any atom is -0.363 e. The Labute approximate surface area is 168 Å². The molecule has 1 aromatic heterocycles. The summed E-state index contributed by atoms with van der Waals surface area (Å²) in [5.74, 6) is 2.28. The van der Waals surface area contributed by atoms with Crippen molar-refractivity contribution < 1.29 is 9.59 Å². The van der Waals surface area contributed by atoms with Crippen LogP contribution in [0.15, 0.2) is 6.07 Å². The van der Waals surface area contributed by atoms with Gasteiger partial charge >= 0.3 is 0 Å². The molecule has 1 atom stereocenters. The normalized spacial score (nSPS) is 19.9. The van der Waals surface area contributed by atoms with Gasteiger partial charge in [0.25, 0.3) is 0 Å². The molecule has 1 aliphatic carbocycles. The van der Waals surface area contributed by atoms with Crippen LogP contribution in [0.4, 0.5) is 5.82 Å². The van der Waals surface area contributed by atoms with Crippen LogP contribution in [0.1, 0.15) is 69.4 Å². The van der Waals surface area contributed by atoms with E-state index in [0.717, 1.165) is 30.9 Å². The zero-order chi connectivity index (χ0) is 20.3. The Morgan fingerprint density at radius 2 is 1.82 bits per heavy atom. The molecule has 154 valence electrons. The van der Waals surface area contributed by atoms with Crippen molar-refractivity contribution in [3.05, 3.63) is 17.6 Å². The summed E-state index contributed by atoms with van der Waals surface area (Å²) in [6.45, 7) is 2.82. The Morgan fingerprint density at radius 1 is 1.11 bits per heavy atom. The molecule has 2 fully saturated rings. The van der Waals surface area contributed by atoms with E-state index in [1.54, 1.807) is 11.8 Å². The fraction of sp³-hybridized carbons (Fsp3) is 0.714. The van der Waals surface area contributed by atoms with E-state index in [-0.39, 0.29) is 17.9 Å². The summed E-state index contributed by atoms with van der Waals surface area (Å²) in [6.07, 6.45) is 7.32. The second kappa shape index (κ2) is 8.88. The Bertz CT molecular complexity index is 715. The smallest absolute Gasteiger partial charge is 0.222 e. The highest BCUT2D eigenvalue weighted by Gasteiger charge is 2.31. The minimum absolute atomic E-state index is 0.0618. The number of rotatable bonds is 6. The molecule has 1 saturated carbocycles. The van der Waals surface area contributed by atoms with Crippen molar-refractivity contribution in [1.29, 1.82) is 0 Å². The van der Waals surface area contributed by atoms with Gasteiger partial charge in [-0.05, 0) is 31.6 Å². The first-order chi connectivity index (χ1) is 13.3. The topological polar surface area (TPSA) is 69.6 Å². The lowest BCUT2D eigenvalue weighted by Gasteiger charge is -2.25. The van der Waals surface area contributed by atoms with Gasteiger partial charge in [0.15, 0.2) is 5.82 Å². The van der Waals surface area contributed by atoms with Crippen molar-refractivity contribution >= 4 is 17.6 Å². The van der Waals surface area contributed by atoms with E-state index in [0.29, 0.717) is 24.7 Å². The van der Waals surface area contributed by atoms with Gasteiger partial charge in [0, 0.05) is 47.1 Å². The molecule has 0 N–H and O–H groups in total. The van der Waals surface area contributed by atoms with Gasteiger partial charge < -0.3 is 14.7 Å². The number of aromatic nitrogens is 2. The van der Waals surface area contributed by atoms with E-state index in [2.05, 4.69) is 0 Å². The summed E-state index contributed by atoms with van der Waals surface area (Å²) >= 11 is 0. The number of carbonyl (C=O) groups is 2. The lowest BCUT2D eigenvalue weighted by molar-refractivity contribution is -0.131. The Balaban J connectivity index is 1.77. The van der Waals surface area contributed by atoms with Gasteiger partial charge in [-0.25, -0.2) is 9.97 Å². The van der Waals surface area contributed by atoms with Crippen LogP contribution in [0.25, 0.3) is 0 Å². The van der Waals surface area contributed by atoms with Gasteiger partial charge in [-0.2, -0.15) is 0 Å². The van der Waals surface area contributed by atoms with Crippen LogP contribution in [0.2, 0.25) is 0 Å². The van der Waals surface area contributed by atoms with Crippen LogP contribution >= 0.6 is 0 Å². The largest absolute Gasteiger partial charge is 0.363 e. The van der Waals surface area contributed by atoms with Crippen LogP contribution in [-0.2, 0) is 16.1 Å². The summed E-state index contributed by atoms with van der Waals surface area (Å²) < 4.78 is 0. The molecule has 1 aromatic rings. The molecule has 0 bridgehead atoms. The van der Waals surface area contributed by atoms with Crippen LogP contribution in [0, 0.1) is 5.92 Å². The number of anilines is 1. The van der Waals surface area contributed by atoms with Crippen LogP contribution < -0.4 is 4.90 Å². The Kier molecular flexibility index (Phi) is 6.52. The first-order valence-electron chi connectivity index (χ1n) is 10.4. The molecule has 7 heteroatoms. The van der Waals surface area contributed by atoms with E-state index in [4.69, 9.17) is 9.97 Å². The molecule has 2 aliphatic rings. The molecule has 0 radical (unpaired) electrons. The maximum Gasteiger partial charge on any atom is 0.222 e. The summed E-state index contributed by atoms with van der Waals surface area (Å²) in [5.41, 5.74) is 0.825. The van der Waals surface area contributed by atoms with E-state index < -0.39 is 0 Å². The maximum absolute atomic E-state index is 12.6. The second-order valence-electron chi connectivity index (χ2n) is 8.44. The van der Waals surface area contributed by atoms with Gasteiger partial charge in [-0.3, -0.25) is 9.59 Å². The number of amides is 2. The Morgan fingerprint density at radius 3 is 2.46 bits per heavy atom. The Hall–Kier alpha value is -2.18. The van der Waals surface area contributed by atoms with Gasteiger partial charge in [-0.1, -0.05) is 12.8 Å². The van der Waals surface area contributed by atoms with Gasteiger partial charge in [0.05, 0.1) is 18.3 Å². The summed E-state index contributed by atoms with van der Waals surface area (Å²) in [5, 5.41) is 0. The summed E-state index contributed by atoms with van der Waals surface area (Å²) in [4.78, 5) is 39.6. The number of likely N-dealkylation sites (tertiary alicyclic amines) is 1. The van der Waals surface area contributed by atoms with E-state index in [1.807, 2.05) is 37.0 Å². The molecule has 2 amide bonds. The second-order valence-corrected chi connectivity index (χ2v) is 8.44. The third kappa shape index (κ3) is 4.80. The third-order valence-corrected chi connectivity index (χ3v) is 5.96. The molecule has 7 nitrogen and oxygen atoms in total. The highest BCUT2D eigenvalue weighted by Crippen LogP contribution is 2.31. The number of hydrogen-bond donors (Lipinski definition) is 0. The standard InChI is InChI=1S/C21H33N5O2/c1-15(27)26-11-7-10-18(26)21-22-17(13-19(23-21)24(2)3)14-25(4)20(28)12-16-8-5-6-9-16/h13,16,18H,5-12,14H2,1-4H3. The molecular weight excluding hydrogens is 354 g/mol. The van der Waals surface area contributed by atoms with Crippen LogP contribution in [0.3, 0.4) is 0 Å². The third-order valence-electron chi connectivity index (χ3n) is 5.96. The molecule has 1 aliphatic heterocycles. The van der Waals surface area contributed by atoms with Gasteiger partial charge in [-0.15, -0.1) is 0 Å². The predicted molar refractivity (Wildman–Crippen MR) is 109 cm³/mol. The summed E-state index contributed by atoms with van der Waals surface area (Å²) in [6, 6.07) is 1.87. The van der Waals surface area contributed by atoms with E-state index >= 15 is 0 Å². The minimum atomic E-state index is -0.0735. The number of carbonyl (C=O) groups excluding carboxylic acids is 2. The molecule has 1 unspecified atom stereocenters. The lowest BCUT2D eigenvalue weighted by atomic mass is 10.0. The molecule has 3 rings (SSSR count). The number of nitrogens with zero attached hydrogens (tertiary/aromatic N) is 5. The quantitative estimate of drug-likeness (QED) is 0.751. The van der Waals surface area contributed by atoms with Gasteiger partial charge in [0.1, 0.15) is 5.82 Å². The van der Waals surface area contributed by atoms with Crippen molar-refractivity contribution in [2.24, 2.45) is 5.92 Å². The SMILES string of the molecule is CC(=O)N1CCCC1c1nc(CN(C)C(=O)CC2CCCC2)cc(N(C)C)n1. The molecule has 1 saturated heterocycles. The van der Waals surface area contributed by atoms with E-state index in [9.17, 15) is 9.59 Å². The number of hydrogen-bond acceptors (Lipinski definition) is 5. The first-order valence-corrected chi connectivity index (χ1v) is 10.4. The predicted octanol–water partition coefficient (Wildman–Crippen LogP) is 2.76. The molecule has 0 spiro atoms. The van der Waals surface area contributed by atoms with Crippen molar-refractivity contribution in [3.63, 3.8) is 0 Å². The highest BCUT2D eigenvalue weighted by atomic mass is 16.2. The first kappa shape index (κ1) is 20.6. The zero-order valence-electron chi connectivity index (χ0n) is 17.6. The molecule has 2 heterocycles. The molecule has 28 heavy (non-hydrogen) atoms. The summed E-state index contributed by atoms with van der Waals surface area (Å²) in [7, 11) is 5.75. The maximum atomic E-state index is 12.6. The monoisotopic (exact) mass is 387 g/mol. The fourth-order valence-corrected chi connectivity index (χ4v) is 4.32. The van der Waals surface area contributed by atoms with Gasteiger partial charge in [0.2, 0.25) is 11.8 Å². The van der Waals surface area contributed by atoms with Crippen molar-refractivity contribution in [2.75, 3.05) is 32.6 Å². The fourth-order valence-electron chi connectivity index (χ4n) is 4.32. The zero-order valence-corrected chi connectivity index (χ0v) is 17.6. The molecule has 0 aromatic carbocycles. The van der Waals surface area contributed by atoms with Crippen molar-refractivity contribution in [1.82, 2.24) is 19.8 Å². The van der Waals surface area contributed by atoms with Crippen molar-refractivity contribution in [3.8, 4) is 0 Å². The average molecular weight is 388 g/mol. The highest BCUT2D eigenvalue weighted by molar-refractivity contribution is 5.76.